The molecule has 2 aromatic rings. The van der Waals surface area contributed by atoms with Gasteiger partial charge in [0.05, 0.1) is 6.07 Å². The van der Waals surface area contributed by atoms with Crippen molar-refractivity contribution in [2.45, 2.75) is 13.0 Å². The minimum Gasteiger partial charge on any atom is -0.215 e. The van der Waals surface area contributed by atoms with Crippen molar-refractivity contribution in [1.82, 2.24) is 20.2 Å². The van der Waals surface area contributed by atoms with Gasteiger partial charge < -0.3 is 0 Å². The van der Waals surface area contributed by atoms with Crippen LogP contribution in [0.1, 0.15) is 11.4 Å². The summed E-state index contributed by atoms with van der Waals surface area (Å²) in [6.45, 7) is 0.179. The van der Waals surface area contributed by atoms with Crippen LogP contribution in [-0.4, -0.2) is 20.2 Å². The first kappa shape index (κ1) is 10.8. The highest BCUT2D eigenvalue weighted by Gasteiger charge is 2.06. The molecule has 1 aromatic carbocycles. The number of hydrogen-bond donors (Lipinski definition) is 0. The van der Waals surface area contributed by atoms with Crippen LogP contribution < -0.4 is 0 Å². The van der Waals surface area contributed by atoms with Gasteiger partial charge in [0, 0.05) is 10.9 Å². The van der Waals surface area contributed by atoms with E-state index in [9.17, 15) is 0 Å². The van der Waals surface area contributed by atoms with Gasteiger partial charge in [-0.3, -0.25) is 0 Å². The van der Waals surface area contributed by atoms with Crippen LogP contribution in [0.2, 0.25) is 0 Å². The van der Waals surface area contributed by atoms with Crippen molar-refractivity contribution in [2.75, 3.05) is 0 Å². The van der Waals surface area contributed by atoms with Gasteiger partial charge >= 0.3 is 0 Å². The summed E-state index contributed by atoms with van der Waals surface area (Å²) in [5.41, 5.74) is 1.11. The van der Waals surface area contributed by atoms with Crippen molar-refractivity contribution >= 4 is 15.9 Å². The van der Waals surface area contributed by atoms with Crippen LogP contribution >= 0.6 is 15.9 Å². The molecule has 0 amide bonds. The van der Waals surface area contributed by atoms with E-state index in [1.807, 2.05) is 30.3 Å². The smallest absolute Gasteiger partial charge is 0.156 e. The molecule has 5 nitrogen and oxygen atoms in total. The number of tetrazole rings is 1. The fourth-order valence-corrected chi connectivity index (χ4v) is 1.59. The molecule has 16 heavy (non-hydrogen) atoms. The number of nitrogens with zero attached hydrogens (tertiary/aromatic N) is 5. The highest BCUT2D eigenvalue weighted by Crippen LogP contribution is 2.12. The van der Waals surface area contributed by atoms with Crippen LogP contribution in [0.4, 0.5) is 0 Å². The Morgan fingerprint density at radius 1 is 1.31 bits per heavy atom. The quantitative estimate of drug-likeness (QED) is 0.854. The fourth-order valence-electron chi connectivity index (χ4n) is 1.32. The summed E-state index contributed by atoms with van der Waals surface area (Å²) in [5.74, 6) is 0.698. The van der Waals surface area contributed by atoms with E-state index < -0.39 is 0 Å². The molecule has 6 heteroatoms. The van der Waals surface area contributed by atoms with Gasteiger partial charge in [-0.2, -0.15) is 5.26 Å². The maximum absolute atomic E-state index is 8.59. The Labute approximate surface area is 101 Å². The molecule has 0 N–H and O–H groups in total. The third kappa shape index (κ3) is 2.44. The van der Waals surface area contributed by atoms with Gasteiger partial charge in [0.15, 0.2) is 5.82 Å². The van der Waals surface area contributed by atoms with E-state index in [1.165, 1.54) is 4.68 Å². The van der Waals surface area contributed by atoms with Crippen LogP contribution in [0.5, 0.6) is 0 Å². The molecule has 0 aliphatic carbocycles. The first-order chi connectivity index (χ1) is 7.79. The number of rotatable bonds is 3. The van der Waals surface area contributed by atoms with Crippen molar-refractivity contribution in [3.8, 4) is 6.07 Å². The lowest BCUT2D eigenvalue weighted by atomic mass is 10.1. The molecule has 0 spiro atoms. The summed E-state index contributed by atoms with van der Waals surface area (Å²) in [6, 6.07) is 9.94. The molecule has 0 radical (unpaired) electrons. The molecule has 80 valence electrons. The molecular formula is C10H8BrN5. The monoisotopic (exact) mass is 277 g/mol. The second-order valence-electron chi connectivity index (χ2n) is 3.21. The normalized spacial score (nSPS) is 10.0. The molecule has 0 unspecified atom stereocenters. The second-order valence-corrected chi connectivity index (χ2v) is 4.13. The Bertz CT molecular complexity index is 511. The summed E-state index contributed by atoms with van der Waals surface area (Å²) >= 11 is 3.37. The van der Waals surface area contributed by atoms with Gasteiger partial charge in [0.25, 0.3) is 0 Å². The van der Waals surface area contributed by atoms with Gasteiger partial charge in [0.2, 0.25) is 0 Å². The summed E-state index contributed by atoms with van der Waals surface area (Å²) < 4.78 is 2.54. The minimum atomic E-state index is 0.179. The van der Waals surface area contributed by atoms with Gasteiger partial charge in [-0.15, -0.1) is 5.10 Å². The van der Waals surface area contributed by atoms with Crippen LogP contribution in [0.3, 0.4) is 0 Å². The van der Waals surface area contributed by atoms with Crippen molar-refractivity contribution < 1.29 is 0 Å². The zero-order valence-corrected chi connectivity index (χ0v) is 9.92. The number of benzene rings is 1. The molecule has 0 saturated carbocycles. The van der Waals surface area contributed by atoms with E-state index in [-0.39, 0.29) is 6.54 Å². The van der Waals surface area contributed by atoms with Gasteiger partial charge in [-0.05, 0) is 28.1 Å². The van der Waals surface area contributed by atoms with E-state index in [1.54, 1.807) is 0 Å². The van der Waals surface area contributed by atoms with Crippen LogP contribution in [0.15, 0.2) is 28.7 Å². The van der Waals surface area contributed by atoms with Crippen molar-refractivity contribution in [3.05, 3.63) is 40.1 Å². The predicted molar refractivity (Wildman–Crippen MR) is 60.4 cm³/mol. The first-order valence-electron chi connectivity index (χ1n) is 4.66. The van der Waals surface area contributed by atoms with Crippen molar-refractivity contribution in [3.63, 3.8) is 0 Å². The van der Waals surface area contributed by atoms with Crippen LogP contribution in [0.25, 0.3) is 0 Å². The van der Waals surface area contributed by atoms with Crippen molar-refractivity contribution in [2.24, 2.45) is 0 Å². The molecular weight excluding hydrogens is 270 g/mol. The van der Waals surface area contributed by atoms with E-state index >= 15 is 0 Å². The summed E-state index contributed by atoms with van der Waals surface area (Å²) in [6.07, 6.45) is 0.627. The number of hydrogen-bond acceptors (Lipinski definition) is 4. The first-order valence-corrected chi connectivity index (χ1v) is 5.45. The highest BCUT2D eigenvalue weighted by molar-refractivity contribution is 9.10. The highest BCUT2D eigenvalue weighted by atomic mass is 79.9. The maximum atomic E-state index is 8.59. The maximum Gasteiger partial charge on any atom is 0.156 e. The molecule has 1 aromatic heterocycles. The zero-order valence-electron chi connectivity index (χ0n) is 8.34. The number of halogens is 1. The topological polar surface area (TPSA) is 67.4 Å². The SMILES string of the molecule is N#CCn1nnnc1Cc1ccc(Br)cc1. The average Bonchev–Trinajstić information content (AvgIpc) is 2.70. The van der Waals surface area contributed by atoms with E-state index in [2.05, 4.69) is 31.5 Å². The van der Waals surface area contributed by atoms with Crippen molar-refractivity contribution in [1.29, 1.82) is 5.26 Å². The van der Waals surface area contributed by atoms with E-state index in [0.29, 0.717) is 12.2 Å². The number of nitriles is 1. The molecule has 1 heterocycles. The summed E-state index contributed by atoms with van der Waals surface area (Å²) in [4.78, 5) is 0. The Balaban J connectivity index is 2.17. The van der Waals surface area contributed by atoms with Crippen LogP contribution in [0, 0.1) is 11.3 Å². The van der Waals surface area contributed by atoms with Crippen LogP contribution in [-0.2, 0) is 13.0 Å². The van der Waals surface area contributed by atoms with Gasteiger partial charge in [0.1, 0.15) is 6.54 Å². The lowest BCUT2D eigenvalue weighted by Gasteiger charge is -2.00. The Kier molecular flexibility index (Phi) is 3.27. The molecule has 0 saturated heterocycles. The molecule has 2 rings (SSSR count). The average molecular weight is 278 g/mol. The lowest BCUT2D eigenvalue weighted by Crippen LogP contribution is -2.05. The molecule has 0 aliphatic heterocycles. The Morgan fingerprint density at radius 3 is 2.75 bits per heavy atom. The summed E-state index contributed by atoms with van der Waals surface area (Å²) in [7, 11) is 0. The predicted octanol–water partition coefficient (Wildman–Crippen LogP) is 1.55. The fraction of sp³-hybridized carbons (Fsp3) is 0.200. The van der Waals surface area contributed by atoms with E-state index in [4.69, 9.17) is 5.26 Å². The van der Waals surface area contributed by atoms with Gasteiger partial charge in [-0.1, -0.05) is 28.1 Å². The largest absolute Gasteiger partial charge is 0.215 e. The molecule has 0 aliphatic rings. The molecule has 0 atom stereocenters. The van der Waals surface area contributed by atoms with Gasteiger partial charge in [-0.25, -0.2) is 4.68 Å². The Hall–Kier alpha value is -1.74. The Morgan fingerprint density at radius 2 is 2.06 bits per heavy atom. The standard InChI is InChI=1S/C10H8BrN5/c11-9-3-1-8(2-4-9)7-10-13-14-15-16(10)6-5-12/h1-4H,6-7H2. The third-order valence-electron chi connectivity index (χ3n) is 2.10. The number of aromatic nitrogens is 4. The summed E-state index contributed by atoms with van der Waals surface area (Å²) in [5, 5.41) is 19.8. The lowest BCUT2D eigenvalue weighted by molar-refractivity contribution is 0.642. The third-order valence-corrected chi connectivity index (χ3v) is 2.63. The molecule has 0 bridgehead atoms. The zero-order chi connectivity index (χ0) is 11.4. The second kappa shape index (κ2) is 4.86. The molecule has 0 fully saturated rings. The van der Waals surface area contributed by atoms with E-state index in [0.717, 1.165) is 10.0 Å². The minimum absolute atomic E-state index is 0.179.